The Labute approximate surface area is 136 Å². The second-order valence-electron chi connectivity index (χ2n) is 6.55. The molecule has 0 saturated heterocycles. The van der Waals surface area contributed by atoms with Crippen molar-refractivity contribution in [3.05, 3.63) is 28.2 Å². The van der Waals surface area contributed by atoms with Crippen molar-refractivity contribution in [2.24, 2.45) is 23.0 Å². The Hall–Kier alpha value is -0.770. The lowest BCUT2D eigenvalue weighted by Crippen LogP contribution is -2.50. The lowest BCUT2D eigenvalue weighted by molar-refractivity contribution is -0.127. The third-order valence-electron chi connectivity index (χ3n) is 4.95. The minimum atomic E-state index is -0.135. The van der Waals surface area contributed by atoms with Gasteiger partial charge in [0.15, 0.2) is 0 Å². The highest BCUT2D eigenvalue weighted by atomic mass is 35.5. The van der Waals surface area contributed by atoms with E-state index in [1.54, 1.807) is 18.2 Å². The topological polar surface area (TPSA) is 55.1 Å². The van der Waals surface area contributed by atoms with Crippen LogP contribution >= 0.6 is 23.2 Å². The maximum atomic E-state index is 12.6. The standard InChI is InChI=1S/C16H22Cl2N2O/c1-9-14(19)5-4-13(16(9,2)3)15(21)20-12-7-10(17)6-11(18)8-12/h6-9,13-14H,4-5,19H2,1-3H3,(H,20,21). The summed E-state index contributed by atoms with van der Waals surface area (Å²) in [5.74, 6) is 0.243. The van der Waals surface area contributed by atoms with Crippen LogP contribution in [0.15, 0.2) is 18.2 Å². The molecule has 1 amide bonds. The Morgan fingerprint density at radius 2 is 1.81 bits per heavy atom. The first kappa shape index (κ1) is 16.6. The molecule has 0 aromatic heterocycles. The van der Waals surface area contributed by atoms with Gasteiger partial charge in [-0.15, -0.1) is 0 Å². The summed E-state index contributed by atoms with van der Waals surface area (Å²) >= 11 is 11.9. The van der Waals surface area contributed by atoms with Crippen molar-refractivity contribution in [1.82, 2.24) is 0 Å². The van der Waals surface area contributed by atoms with Crippen molar-refractivity contribution < 1.29 is 4.79 Å². The highest BCUT2D eigenvalue weighted by Gasteiger charge is 2.44. The summed E-state index contributed by atoms with van der Waals surface area (Å²) < 4.78 is 0. The van der Waals surface area contributed by atoms with E-state index in [-0.39, 0.29) is 23.3 Å². The van der Waals surface area contributed by atoms with Gasteiger partial charge in [-0.25, -0.2) is 0 Å². The molecule has 3 atom stereocenters. The van der Waals surface area contributed by atoms with Crippen molar-refractivity contribution in [2.45, 2.75) is 39.7 Å². The van der Waals surface area contributed by atoms with Crippen molar-refractivity contribution in [3.63, 3.8) is 0 Å². The van der Waals surface area contributed by atoms with Crippen LogP contribution in [0.2, 0.25) is 10.0 Å². The van der Waals surface area contributed by atoms with Gasteiger partial charge in [0.25, 0.3) is 0 Å². The van der Waals surface area contributed by atoms with E-state index in [0.29, 0.717) is 21.7 Å². The summed E-state index contributed by atoms with van der Waals surface area (Å²) in [5, 5.41) is 3.96. The van der Waals surface area contributed by atoms with Crippen LogP contribution in [0.5, 0.6) is 0 Å². The molecule has 1 aliphatic carbocycles. The molecule has 0 bridgehead atoms. The van der Waals surface area contributed by atoms with Gasteiger partial charge in [-0.3, -0.25) is 4.79 Å². The quantitative estimate of drug-likeness (QED) is 0.848. The Balaban J connectivity index is 2.16. The van der Waals surface area contributed by atoms with E-state index in [4.69, 9.17) is 28.9 Å². The molecule has 3 nitrogen and oxygen atoms in total. The Morgan fingerprint density at radius 3 is 2.38 bits per heavy atom. The van der Waals surface area contributed by atoms with Crippen molar-refractivity contribution in [2.75, 3.05) is 5.32 Å². The second-order valence-corrected chi connectivity index (χ2v) is 7.42. The molecule has 1 saturated carbocycles. The molecule has 0 aliphatic heterocycles. The monoisotopic (exact) mass is 328 g/mol. The largest absolute Gasteiger partial charge is 0.327 e. The molecule has 21 heavy (non-hydrogen) atoms. The molecule has 3 unspecified atom stereocenters. The van der Waals surface area contributed by atoms with E-state index in [9.17, 15) is 4.79 Å². The molecule has 1 aliphatic rings. The Morgan fingerprint density at radius 1 is 1.24 bits per heavy atom. The molecule has 2 rings (SSSR count). The fraction of sp³-hybridized carbons (Fsp3) is 0.562. The summed E-state index contributed by atoms with van der Waals surface area (Å²) in [4.78, 5) is 12.6. The van der Waals surface area contributed by atoms with Crippen molar-refractivity contribution in [1.29, 1.82) is 0 Å². The van der Waals surface area contributed by atoms with Crippen molar-refractivity contribution in [3.8, 4) is 0 Å². The predicted octanol–water partition coefficient (Wildman–Crippen LogP) is 4.33. The summed E-state index contributed by atoms with van der Waals surface area (Å²) in [6, 6.07) is 5.21. The van der Waals surface area contributed by atoms with Gasteiger partial charge in [0.1, 0.15) is 0 Å². The number of hydrogen-bond acceptors (Lipinski definition) is 2. The minimum absolute atomic E-state index is 0.0112. The molecule has 0 heterocycles. The molecule has 1 aromatic rings. The van der Waals surface area contributed by atoms with E-state index in [1.807, 2.05) is 0 Å². The molecule has 1 fully saturated rings. The summed E-state index contributed by atoms with van der Waals surface area (Å²) in [5.41, 5.74) is 6.64. The lowest BCUT2D eigenvalue weighted by Gasteiger charge is -2.46. The number of carbonyl (C=O) groups excluding carboxylic acids is 1. The molecule has 5 heteroatoms. The maximum absolute atomic E-state index is 12.6. The van der Waals surface area contributed by atoms with Gasteiger partial charge in [0.05, 0.1) is 0 Å². The smallest absolute Gasteiger partial charge is 0.228 e. The van der Waals surface area contributed by atoms with Gasteiger partial charge < -0.3 is 11.1 Å². The van der Waals surface area contributed by atoms with E-state index in [1.165, 1.54) is 0 Å². The van der Waals surface area contributed by atoms with Gasteiger partial charge in [0.2, 0.25) is 5.91 Å². The van der Waals surface area contributed by atoms with Gasteiger partial charge in [-0.1, -0.05) is 44.0 Å². The summed E-state index contributed by atoms with van der Waals surface area (Å²) in [7, 11) is 0. The number of hydrogen-bond donors (Lipinski definition) is 2. The van der Waals surface area contributed by atoms with Gasteiger partial charge >= 0.3 is 0 Å². The number of carbonyl (C=O) groups is 1. The fourth-order valence-corrected chi connectivity index (χ4v) is 3.70. The van der Waals surface area contributed by atoms with Gasteiger partial charge in [0, 0.05) is 27.7 Å². The zero-order valence-electron chi connectivity index (χ0n) is 12.6. The van der Waals surface area contributed by atoms with Crippen LogP contribution in [0.25, 0.3) is 0 Å². The minimum Gasteiger partial charge on any atom is -0.327 e. The summed E-state index contributed by atoms with van der Waals surface area (Å²) in [6.45, 7) is 6.36. The SMILES string of the molecule is CC1C(N)CCC(C(=O)Nc2cc(Cl)cc(Cl)c2)C1(C)C. The first-order valence-corrected chi connectivity index (χ1v) is 8.00. The fourth-order valence-electron chi connectivity index (χ4n) is 3.17. The number of amides is 1. The molecular formula is C16H22Cl2N2O. The predicted molar refractivity (Wildman–Crippen MR) is 88.7 cm³/mol. The number of rotatable bonds is 2. The van der Waals surface area contributed by atoms with Crippen LogP contribution < -0.4 is 11.1 Å². The molecule has 0 radical (unpaired) electrons. The highest BCUT2D eigenvalue weighted by Crippen LogP contribution is 2.44. The Kier molecular flexibility index (Phi) is 4.86. The third kappa shape index (κ3) is 3.53. The van der Waals surface area contributed by atoms with E-state index < -0.39 is 0 Å². The van der Waals surface area contributed by atoms with Crippen molar-refractivity contribution >= 4 is 34.8 Å². The Bertz CT molecular complexity index is 525. The number of benzene rings is 1. The van der Waals surface area contributed by atoms with E-state index in [2.05, 4.69) is 26.1 Å². The number of nitrogens with one attached hydrogen (secondary N) is 1. The first-order chi connectivity index (χ1) is 9.71. The van der Waals surface area contributed by atoms with Gasteiger partial charge in [-0.2, -0.15) is 0 Å². The summed E-state index contributed by atoms with van der Waals surface area (Å²) in [6.07, 6.45) is 1.68. The normalized spacial score (nSPS) is 28.2. The number of halogens is 2. The van der Waals surface area contributed by atoms with Crippen LogP contribution in [0.4, 0.5) is 5.69 Å². The molecule has 116 valence electrons. The number of anilines is 1. The average Bonchev–Trinajstić information content (AvgIpc) is 2.34. The van der Waals surface area contributed by atoms with Gasteiger partial charge in [-0.05, 0) is 42.4 Å². The van der Waals surface area contributed by atoms with Crippen LogP contribution in [0.3, 0.4) is 0 Å². The molecule has 1 aromatic carbocycles. The van der Waals surface area contributed by atoms with E-state index >= 15 is 0 Å². The first-order valence-electron chi connectivity index (χ1n) is 7.24. The van der Waals surface area contributed by atoms with Crippen LogP contribution in [0.1, 0.15) is 33.6 Å². The zero-order valence-corrected chi connectivity index (χ0v) is 14.1. The second kappa shape index (κ2) is 6.15. The van der Waals surface area contributed by atoms with Crippen LogP contribution in [-0.2, 0) is 4.79 Å². The van der Waals surface area contributed by atoms with Crippen LogP contribution in [0, 0.1) is 17.3 Å². The highest BCUT2D eigenvalue weighted by molar-refractivity contribution is 6.35. The lowest BCUT2D eigenvalue weighted by atomic mass is 9.61. The number of nitrogens with two attached hydrogens (primary N) is 1. The van der Waals surface area contributed by atoms with Crippen LogP contribution in [-0.4, -0.2) is 11.9 Å². The maximum Gasteiger partial charge on any atom is 0.228 e. The third-order valence-corrected chi connectivity index (χ3v) is 5.39. The molecular weight excluding hydrogens is 307 g/mol. The average molecular weight is 329 g/mol. The van der Waals surface area contributed by atoms with E-state index in [0.717, 1.165) is 12.8 Å². The molecule has 0 spiro atoms. The molecule has 3 N–H and O–H groups in total. The zero-order chi connectivity index (χ0) is 15.8.